The molecular weight excluding hydrogens is 741 g/mol. The third-order valence-corrected chi connectivity index (χ3v) is 29.8. The first-order chi connectivity index (χ1) is 27.8. The van der Waals surface area contributed by atoms with E-state index in [1.54, 1.807) is 0 Å². The SMILES string of the molecule is CC(C)(C)c1ccnc(-n2c3ccccc3c3ccc(Oc4cccc(-n5[c-][n+](-c6c(-c7ccccc7)cccc6[Si](C)(C)[Si](C)(C)C)c6ccccc65)c4)cc32)c1. The average molecular weight is 791 g/mol. The molecule has 0 aliphatic heterocycles. The Bertz CT molecular complexity index is 2980. The zero-order valence-corrected chi connectivity index (χ0v) is 36.7. The van der Waals surface area contributed by atoms with Crippen molar-refractivity contribution in [3.63, 3.8) is 0 Å². The number of hydrogen-bond acceptors (Lipinski definition) is 2. The van der Waals surface area contributed by atoms with Gasteiger partial charge in [0.25, 0.3) is 6.33 Å². The van der Waals surface area contributed by atoms with Gasteiger partial charge in [-0.3, -0.25) is 13.7 Å². The summed E-state index contributed by atoms with van der Waals surface area (Å²) in [7, 11) is -3.45. The van der Waals surface area contributed by atoms with Crippen LogP contribution in [0.2, 0.25) is 32.7 Å². The number of benzene rings is 6. The number of rotatable bonds is 8. The maximum absolute atomic E-state index is 6.74. The lowest BCUT2D eigenvalue weighted by molar-refractivity contribution is -0.570. The molecule has 6 aromatic carbocycles. The molecule has 0 aliphatic carbocycles. The van der Waals surface area contributed by atoms with Crippen LogP contribution in [0, 0.1) is 6.33 Å². The number of aromatic nitrogens is 4. The Hall–Kier alpha value is -6.03. The molecule has 3 aromatic heterocycles. The van der Waals surface area contributed by atoms with E-state index in [2.05, 4.69) is 219 Å². The van der Waals surface area contributed by atoms with Crippen LogP contribution in [0.1, 0.15) is 26.3 Å². The van der Waals surface area contributed by atoms with Crippen LogP contribution in [0.25, 0.3) is 61.2 Å². The molecule has 0 aliphatic rings. The zero-order valence-electron chi connectivity index (χ0n) is 34.7. The van der Waals surface area contributed by atoms with Crippen LogP contribution in [0.15, 0.2) is 158 Å². The van der Waals surface area contributed by atoms with E-state index in [0.29, 0.717) is 0 Å². The van der Waals surface area contributed by atoms with Gasteiger partial charge in [0.2, 0.25) is 0 Å². The number of pyridine rings is 1. The van der Waals surface area contributed by atoms with E-state index in [-0.39, 0.29) is 5.41 Å². The van der Waals surface area contributed by atoms with Crippen molar-refractivity contribution >= 4 is 53.2 Å². The van der Waals surface area contributed by atoms with Gasteiger partial charge in [-0.05, 0) is 75.8 Å². The quantitative estimate of drug-likeness (QED) is 0.0873. The second kappa shape index (κ2) is 14.1. The van der Waals surface area contributed by atoms with Gasteiger partial charge < -0.3 is 4.74 Å². The van der Waals surface area contributed by atoms with Crippen molar-refractivity contribution in [2.75, 3.05) is 0 Å². The molecule has 58 heavy (non-hydrogen) atoms. The maximum atomic E-state index is 6.74. The maximum Gasteiger partial charge on any atom is 0.269 e. The minimum absolute atomic E-state index is 0.00263. The molecule has 0 unspecified atom stereocenters. The van der Waals surface area contributed by atoms with E-state index < -0.39 is 15.2 Å². The molecule has 7 heteroatoms. The second-order valence-corrected chi connectivity index (χ2v) is 34.5. The van der Waals surface area contributed by atoms with Crippen molar-refractivity contribution in [1.29, 1.82) is 0 Å². The zero-order chi connectivity index (χ0) is 40.4. The first-order valence-electron chi connectivity index (χ1n) is 20.2. The molecule has 0 saturated heterocycles. The van der Waals surface area contributed by atoms with E-state index in [0.717, 1.165) is 50.5 Å². The van der Waals surface area contributed by atoms with Crippen molar-refractivity contribution < 1.29 is 9.30 Å². The predicted octanol–water partition coefficient (Wildman–Crippen LogP) is 12.3. The van der Waals surface area contributed by atoms with Crippen molar-refractivity contribution in [2.24, 2.45) is 0 Å². The number of hydrogen-bond donors (Lipinski definition) is 0. The topological polar surface area (TPSA) is 35.9 Å². The molecule has 0 spiro atoms. The summed E-state index contributed by atoms with van der Waals surface area (Å²) in [4.78, 5) is 4.87. The van der Waals surface area contributed by atoms with Crippen LogP contribution in [-0.2, 0) is 5.41 Å². The minimum atomic E-state index is -1.89. The Kier molecular flexibility index (Phi) is 9.14. The number of para-hydroxylation sites is 4. The van der Waals surface area contributed by atoms with Gasteiger partial charge in [0.15, 0.2) is 0 Å². The Morgan fingerprint density at radius 3 is 2.09 bits per heavy atom. The number of fused-ring (bicyclic) bond motifs is 4. The van der Waals surface area contributed by atoms with Gasteiger partial charge in [-0.1, -0.05) is 151 Å². The fourth-order valence-corrected chi connectivity index (χ4v) is 13.2. The van der Waals surface area contributed by atoms with E-state index in [9.17, 15) is 0 Å². The second-order valence-electron chi connectivity index (χ2n) is 18.0. The molecule has 0 amide bonds. The fraction of sp³-hybridized carbons (Fsp3) is 0.176. The molecule has 0 atom stereocenters. The third-order valence-electron chi connectivity index (χ3n) is 12.3. The highest BCUT2D eigenvalue weighted by Gasteiger charge is 2.40. The van der Waals surface area contributed by atoms with Crippen LogP contribution in [0.5, 0.6) is 11.5 Å². The highest BCUT2D eigenvalue weighted by atomic mass is 29.3. The van der Waals surface area contributed by atoms with Crippen molar-refractivity contribution in [1.82, 2.24) is 14.1 Å². The highest BCUT2D eigenvalue weighted by molar-refractivity contribution is 7.45. The number of ether oxygens (including phenoxy) is 1. The first kappa shape index (κ1) is 37.5. The molecule has 0 saturated carbocycles. The molecule has 5 nitrogen and oxygen atoms in total. The van der Waals surface area contributed by atoms with Crippen molar-refractivity contribution in [3.8, 4) is 39.8 Å². The van der Waals surface area contributed by atoms with Crippen LogP contribution < -0.4 is 14.5 Å². The van der Waals surface area contributed by atoms with Crippen LogP contribution in [0.4, 0.5) is 0 Å². The van der Waals surface area contributed by atoms with Gasteiger partial charge in [0.1, 0.15) is 17.3 Å². The van der Waals surface area contributed by atoms with Crippen molar-refractivity contribution in [2.45, 2.75) is 58.9 Å². The number of imidazole rings is 1. The minimum Gasteiger partial charge on any atom is -0.458 e. The van der Waals surface area contributed by atoms with E-state index in [1.165, 1.54) is 33.0 Å². The van der Waals surface area contributed by atoms with Crippen LogP contribution >= 0.6 is 0 Å². The molecule has 9 rings (SSSR count). The first-order valence-corrected chi connectivity index (χ1v) is 27.7. The molecule has 9 aromatic rings. The molecule has 0 N–H and O–H groups in total. The summed E-state index contributed by atoms with van der Waals surface area (Å²) in [6.07, 6.45) is 5.79. The fourth-order valence-electron chi connectivity index (χ4n) is 8.05. The largest absolute Gasteiger partial charge is 0.458 e. The Labute approximate surface area is 343 Å². The predicted molar refractivity (Wildman–Crippen MR) is 247 cm³/mol. The van der Waals surface area contributed by atoms with Gasteiger partial charge in [0.05, 0.1) is 41.0 Å². The summed E-state index contributed by atoms with van der Waals surface area (Å²) in [6.45, 7) is 19.4. The Morgan fingerprint density at radius 2 is 1.31 bits per heavy atom. The van der Waals surface area contributed by atoms with E-state index in [4.69, 9.17) is 9.72 Å². The van der Waals surface area contributed by atoms with E-state index >= 15 is 0 Å². The van der Waals surface area contributed by atoms with E-state index in [1.807, 2.05) is 12.3 Å². The summed E-state index contributed by atoms with van der Waals surface area (Å²) < 4.78 is 13.5. The molecule has 3 heterocycles. The monoisotopic (exact) mass is 790 g/mol. The van der Waals surface area contributed by atoms with Crippen molar-refractivity contribution in [3.05, 3.63) is 170 Å². The van der Waals surface area contributed by atoms with Gasteiger partial charge in [-0.2, -0.15) is 0 Å². The Balaban J connectivity index is 1.16. The highest BCUT2D eigenvalue weighted by Crippen LogP contribution is 2.37. The summed E-state index contributed by atoms with van der Waals surface area (Å²) in [5, 5.41) is 3.82. The lowest BCUT2D eigenvalue weighted by atomic mass is 9.88. The van der Waals surface area contributed by atoms with Gasteiger partial charge in [-0.25, -0.2) is 4.98 Å². The standard InChI is InChI=1S/C51H50N4OSi2/c1-51(2,3)37-30-31-52-49(32-37)55-44-24-13-12-22-42(44)43-29-28-40(34-47(43)55)56-39-21-16-20-38(33-39)53-35-54(46-26-15-14-25-45(46)53)50-41(36-18-10-9-11-19-36)23-17-27-48(50)58(7,8)57(4,5)6/h9-34H,1-8H3. The Morgan fingerprint density at radius 1 is 0.621 bits per heavy atom. The summed E-state index contributed by atoms with van der Waals surface area (Å²) in [6, 6.07) is 54.0. The molecule has 0 fully saturated rings. The molecule has 0 radical (unpaired) electrons. The normalized spacial score (nSPS) is 12.5. The lowest BCUT2D eigenvalue weighted by Crippen LogP contribution is -2.63. The summed E-state index contributed by atoms with van der Waals surface area (Å²) in [5.41, 5.74) is 10.3. The summed E-state index contributed by atoms with van der Waals surface area (Å²) >= 11 is 0. The molecular formula is C51H50N4OSi2. The number of nitrogens with zero attached hydrogens (tertiary/aromatic N) is 4. The lowest BCUT2D eigenvalue weighted by Gasteiger charge is -2.38. The van der Waals surface area contributed by atoms with Crippen LogP contribution in [0.3, 0.4) is 0 Å². The van der Waals surface area contributed by atoms with Gasteiger partial charge in [-0.15, -0.1) is 0 Å². The van der Waals surface area contributed by atoms with Gasteiger partial charge in [0, 0.05) is 30.6 Å². The van der Waals surface area contributed by atoms with Crippen LogP contribution in [-0.4, -0.2) is 29.3 Å². The van der Waals surface area contributed by atoms with Gasteiger partial charge >= 0.3 is 0 Å². The molecule has 0 bridgehead atoms. The molecule has 288 valence electrons. The average Bonchev–Trinajstić information content (AvgIpc) is 3.76. The summed E-state index contributed by atoms with van der Waals surface area (Å²) in [5.74, 6) is 2.41. The smallest absolute Gasteiger partial charge is 0.269 e. The third kappa shape index (κ3) is 6.48.